The number of aryl methyl sites for hydroxylation is 1. The minimum atomic E-state index is -3.48. The largest absolute Gasteiger partial charge is 0.350 e. The second-order valence-corrected chi connectivity index (χ2v) is 9.51. The molecular weight excluding hydrogens is 384 g/mol. The summed E-state index contributed by atoms with van der Waals surface area (Å²) in [4.78, 5) is 12.5. The molecule has 6 heteroatoms. The van der Waals surface area contributed by atoms with Gasteiger partial charge in [-0.3, -0.25) is 4.79 Å². The van der Waals surface area contributed by atoms with Crippen LogP contribution in [0.5, 0.6) is 0 Å². The average molecular weight is 415 g/mol. The summed E-state index contributed by atoms with van der Waals surface area (Å²) in [6, 6.07) is 16.7. The highest BCUT2D eigenvalue weighted by molar-refractivity contribution is 7.89. The molecule has 0 saturated heterocycles. The summed E-state index contributed by atoms with van der Waals surface area (Å²) in [5.41, 5.74) is 2.02. The van der Waals surface area contributed by atoms with Gasteiger partial charge in [-0.05, 0) is 49.4 Å². The molecule has 2 aromatic carbocycles. The van der Waals surface area contributed by atoms with E-state index in [1.165, 1.54) is 6.42 Å². The lowest BCUT2D eigenvalue weighted by molar-refractivity contribution is -0.121. The van der Waals surface area contributed by atoms with Gasteiger partial charge in [0.15, 0.2) is 0 Å². The number of benzene rings is 2. The highest BCUT2D eigenvalue weighted by Crippen LogP contribution is 2.20. The molecule has 29 heavy (non-hydrogen) atoms. The maximum Gasteiger partial charge on any atom is 0.240 e. The van der Waals surface area contributed by atoms with Crippen LogP contribution in [0.1, 0.15) is 62.6 Å². The van der Waals surface area contributed by atoms with Crippen LogP contribution in [-0.4, -0.2) is 20.4 Å². The highest BCUT2D eigenvalue weighted by Gasteiger charge is 2.21. The number of hydrogen-bond donors (Lipinski definition) is 2. The molecule has 0 unspecified atom stereocenters. The summed E-state index contributed by atoms with van der Waals surface area (Å²) in [6.07, 6.45) is 6.10. The Morgan fingerprint density at radius 1 is 1.00 bits per heavy atom. The van der Waals surface area contributed by atoms with E-state index in [1.54, 1.807) is 24.3 Å². The molecule has 1 saturated carbocycles. The predicted octanol–water partition coefficient (Wildman–Crippen LogP) is 4.11. The number of amides is 1. The van der Waals surface area contributed by atoms with Gasteiger partial charge in [0.1, 0.15) is 0 Å². The predicted molar refractivity (Wildman–Crippen MR) is 115 cm³/mol. The Labute approximate surface area is 174 Å². The van der Waals surface area contributed by atoms with E-state index in [2.05, 4.69) is 10.0 Å². The Bertz CT molecular complexity index is 889. The third-order valence-electron chi connectivity index (χ3n) is 5.48. The van der Waals surface area contributed by atoms with E-state index in [-0.39, 0.29) is 22.9 Å². The molecule has 0 heterocycles. The summed E-state index contributed by atoms with van der Waals surface area (Å²) in [6.45, 7) is 1.96. The van der Waals surface area contributed by atoms with Crippen LogP contribution in [0.15, 0.2) is 59.5 Å². The zero-order valence-corrected chi connectivity index (χ0v) is 17.8. The van der Waals surface area contributed by atoms with Gasteiger partial charge >= 0.3 is 0 Å². The van der Waals surface area contributed by atoms with Crippen molar-refractivity contribution in [3.8, 4) is 0 Å². The zero-order chi connectivity index (χ0) is 20.7. The van der Waals surface area contributed by atoms with Crippen molar-refractivity contribution in [1.82, 2.24) is 10.0 Å². The Hall–Kier alpha value is -2.18. The first-order chi connectivity index (χ1) is 13.9. The van der Waals surface area contributed by atoms with Gasteiger partial charge < -0.3 is 5.32 Å². The molecule has 0 radical (unpaired) electrons. The molecule has 2 N–H and O–H groups in total. The number of sulfonamides is 1. The molecule has 1 amide bonds. The van der Waals surface area contributed by atoms with Crippen LogP contribution in [0.4, 0.5) is 0 Å². The third kappa shape index (κ3) is 6.41. The van der Waals surface area contributed by atoms with Crippen LogP contribution in [0.2, 0.25) is 0 Å². The normalized spacial score (nSPS) is 16.3. The topological polar surface area (TPSA) is 75.3 Å². The summed E-state index contributed by atoms with van der Waals surface area (Å²) in [5, 5.41) is 3.00. The summed E-state index contributed by atoms with van der Waals surface area (Å²) >= 11 is 0. The van der Waals surface area contributed by atoms with E-state index in [0.717, 1.165) is 36.8 Å². The molecule has 0 bridgehead atoms. The first-order valence-corrected chi connectivity index (χ1v) is 11.9. The minimum absolute atomic E-state index is 0.0167. The van der Waals surface area contributed by atoms with Crippen LogP contribution in [0.3, 0.4) is 0 Å². The third-order valence-corrected chi connectivity index (χ3v) is 7.01. The maximum absolute atomic E-state index is 12.6. The fourth-order valence-corrected chi connectivity index (χ4v) is 5.04. The van der Waals surface area contributed by atoms with E-state index in [1.807, 2.05) is 37.3 Å². The molecule has 2 aromatic rings. The molecule has 1 aliphatic rings. The highest BCUT2D eigenvalue weighted by atomic mass is 32.2. The Morgan fingerprint density at radius 2 is 1.66 bits per heavy atom. The molecule has 156 valence electrons. The number of nitrogens with one attached hydrogen (secondary N) is 2. The molecule has 1 atom stereocenters. The summed E-state index contributed by atoms with van der Waals surface area (Å²) in [5.74, 6) is -0.0167. The van der Waals surface area contributed by atoms with Gasteiger partial charge in [0.05, 0.1) is 10.9 Å². The standard InChI is InChI=1S/C23H30N2O3S/c1-18(20-8-4-2-5-9-20)24-23(26)17-14-19-12-15-22(16-13-19)29(27,28)25-21-10-6-3-7-11-21/h2,4-5,8-9,12-13,15-16,18,21,25H,3,6-7,10-11,14,17H2,1H3,(H,24,26)/t18-/m0/s1. The smallest absolute Gasteiger partial charge is 0.240 e. The van der Waals surface area contributed by atoms with Gasteiger partial charge in [-0.2, -0.15) is 0 Å². The summed E-state index contributed by atoms with van der Waals surface area (Å²) in [7, 11) is -3.48. The van der Waals surface area contributed by atoms with Crippen LogP contribution >= 0.6 is 0 Å². The lowest BCUT2D eigenvalue weighted by Crippen LogP contribution is -2.36. The van der Waals surface area contributed by atoms with Gasteiger partial charge in [-0.25, -0.2) is 13.1 Å². The average Bonchev–Trinajstić information content (AvgIpc) is 2.73. The number of rotatable bonds is 8. The second-order valence-electron chi connectivity index (χ2n) is 7.80. The molecule has 5 nitrogen and oxygen atoms in total. The fourth-order valence-electron chi connectivity index (χ4n) is 3.74. The van der Waals surface area contributed by atoms with Crippen LogP contribution in [0, 0.1) is 0 Å². The van der Waals surface area contributed by atoms with Gasteiger partial charge in [-0.1, -0.05) is 61.7 Å². The quantitative estimate of drug-likeness (QED) is 0.683. The molecule has 0 aliphatic heterocycles. The molecule has 0 spiro atoms. The van der Waals surface area contributed by atoms with E-state index in [4.69, 9.17) is 0 Å². The molecule has 1 fully saturated rings. The lowest BCUT2D eigenvalue weighted by atomic mass is 9.96. The molecular formula is C23H30N2O3S. The maximum atomic E-state index is 12.6. The SMILES string of the molecule is C[C@H](NC(=O)CCc1ccc(S(=O)(=O)NC2CCCCC2)cc1)c1ccccc1. The van der Waals surface area contributed by atoms with Gasteiger partial charge in [0.2, 0.25) is 15.9 Å². The zero-order valence-electron chi connectivity index (χ0n) is 16.9. The Morgan fingerprint density at radius 3 is 2.31 bits per heavy atom. The molecule has 1 aliphatic carbocycles. The number of carbonyl (C=O) groups excluding carboxylic acids is 1. The van der Waals surface area contributed by atoms with Crippen LogP contribution in [-0.2, 0) is 21.2 Å². The van der Waals surface area contributed by atoms with E-state index >= 15 is 0 Å². The van der Waals surface area contributed by atoms with E-state index in [9.17, 15) is 13.2 Å². The number of carbonyl (C=O) groups is 1. The van der Waals surface area contributed by atoms with Crippen LogP contribution < -0.4 is 10.0 Å². The van der Waals surface area contributed by atoms with Crippen molar-refractivity contribution in [2.75, 3.05) is 0 Å². The van der Waals surface area contributed by atoms with Crippen molar-refractivity contribution in [1.29, 1.82) is 0 Å². The van der Waals surface area contributed by atoms with Crippen molar-refractivity contribution < 1.29 is 13.2 Å². The molecule has 0 aromatic heterocycles. The summed E-state index contributed by atoms with van der Waals surface area (Å²) < 4.78 is 27.9. The van der Waals surface area contributed by atoms with Crippen LogP contribution in [0.25, 0.3) is 0 Å². The second kappa shape index (κ2) is 10.0. The van der Waals surface area contributed by atoms with Crippen molar-refractivity contribution in [2.24, 2.45) is 0 Å². The van der Waals surface area contributed by atoms with E-state index in [0.29, 0.717) is 12.8 Å². The number of hydrogen-bond acceptors (Lipinski definition) is 3. The fraction of sp³-hybridized carbons (Fsp3) is 0.435. The van der Waals surface area contributed by atoms with Gasteiger partial charge in [0, 0.05) is 12.5 Å². The first-order valence-electron chi connectivity index (χ1n) is 10.4. The van der Waals surface area contributed by atoms with Gasteiger partial charge in [-0.15, -0.1) is 0 Å². The van der Waals surface area contributed by atoms with E-state index < -0.39 is 10.0 Å². The molecule has 3 rings (SSSR count). The minimum Gasteiger partial charge on any atom is -0.350 e. The monoisotopic (exact) mass is 414 g/mol. The first kappa shape index (κ1) is 21.5. The van der Waals surface area contributed by atoms with Crippen molar-refractivity contribution >= 4 is 15.9 Å². The van der Waals surface area contributed by atoms with Crippen molar-refractivity contribution in [3.05, 3.63) is 65.7 Å². The van der Waals surface area contributed by atoms with Crippen molar-refractivity contribution in [3.63, 3.8) is 0 Å². The Balaban J connectivity index is 1.50. The van der Waals surface area contributed by atoms with Crippen molar-refractivity contribution in [2.45, 2.75) is 68.8 Å². The lowest BCUT2D eigenvalue weighted by Gasteiger charge is -2.22. The van der Waals surface area contributed by atoms with Gasteiger partial charge in [0.25, 0.3) is 0 Å². The Kier molecular flexibility index (Phi) is 7.45.